The van der Waals surface area contributed by atoms with E-state index in [1.807, 2.05) is 42.5 Å². The Morgan fingerprint density at radius 2 is 1.85 bits per heavy atom. The molecule has 2 aromatic heterocycles. The molecule has 6 rings (SSSR count). The van der Waals surface area contributed by atoms with Crippen molar-refractivity contribution in [1.82, 2.24) is 40.3 Å². The van der Waals surface area contributed by atoms with Gasteiger partial charge in [-0.15, -0.1) is 0 Å². The molecule has 168 valence electrons. The first-order valence-corrected chi connectivity index (χ1v) is 10.8. The molecule has 11 nitrogen and oxygen atoms in total. The number of benzene rings is 2. The zero-order valence-corrected chi connectivity index (χ0v) is 17.6. The Balaban J connectivity index is 1.12. The molecule has 2 aliphatic rings. The quantitative estimate of drug-likeness (QED) is 0.451. The maximum atomic E-state index is 6.10. The largest absolute Gasteiger partial charge is 0.423 e. The third-order valence-corrected chi connectivity index (χ3v) is 5.94. The lowest BCUT2D eigenvalue weighted by molar-refractivity contribution is 0.0611. The van der Waals surface area contributed by atoms with E-state index >= 15 is 0 Å². The molecule has 1 N–H and O–H groups in total. The molecule has 0 saturated carbocycles. The van der Waals surface area contributed by atoms with Gasteiger partial charge >= 0.3 is 6.01 Å². The first kappa shape index (κ1) is 20.0. The van der Waals surface area contributed by atoms with E-state index in [9.17, 15) is 0 Å². The first-order valence-electron chi connectivity index (χ1n) is 10.8. The lowest BCUT2D eigenvalue weighted by atomic mass is 10.1. The molecule has 2 saturated heterocycles. The van der Waals surface area contributed by atoms with Crippen molar-refractivity contribution in [2.75, 3.05) is 13.2 Å². The molecule has 0 radical (unpaired) electrons. The van der Waals surface area contributed by atoms with E-state index in [-0.39, 0.29) is 24.3 Å². The maximum absolute atomic E-state index is 6.10. The minimum absolute atomic E-state index is 0.0716. The maximum Gasteiger partial charge on any atom is 0.341 e. The number of nitrogens with one attached hydrogen (secondary N) is 1. The van der Waals surface area contributed by atoms with E-state index < -0.39 is 0 Å². The third kappa shape index (κ3) is 3.97. The van der Waals surface area contributed by atoms with Gasteiger partial charge in [-0.2, -0.15) is 9.78 Å². The summed E-state index contributed by atoms with van der Waals surface area (Å²) in [6.07, 6.45) is 2.90. The van der Waals surface area contributed by atoms with E-state index in [0.29, 0.717) is 25.0 Å². The molecule has 2 aliphatic heterocycles. The monoisotopic (exact) mass is 446 g/mol. The lowest BCUT2D eigenvalue weighted by Gasteiger charge is -2.18. The van der Waals surface area contributed by atoms with Crippen LogP contribution in [0.3, 0.4) is 0 Å². The van der Waals surface area contributed by atoms with Crippen LogP contribution in [0.15, 0.2) is 67.3 Å². The van der Waals surface area contributed by atoms with Gasteiger partial charge in [0.2, 0.25) is 0 Å². The highest BCUT2D eigenvalue weighted by Gasteiger charge is 2.49. The molecule has 2 fully saturated rings. The van der Waals surface area contributed by atoms with Crippen LogP contribution >= 0.6 is 0 Å². The second-order valence-corrected chi connectivity index (χ2v) is 7.98. The van der Waals surface area contributed by atoms with Crippen molar-refractivity contribution in [1.29, 1.82) is 0 Å². The highest BCUT2D eigenvalue weighted by Crippen LogP contribution is 2.36. The fourth-order valence-corrected chi connectivity index (χ4v) is 4.28. The van der Waals surface area contributed by atoms with E-state index in [0.717, 1.165) is 12.2 Å². The van der Waals surface area contributed by atoms with E-state index in [2.05, 4.69) is 43.1 Å². The number of hydrogen-bond donors (Lipinski definition) is 1. The standard InChI is InChI=1S/C22H22N8O3/c1-2-4-15(5-3-1)10-24-18-11-31-21-19(12-32-20(18)21)30-22(26-27-28-30)33-17-8-6-16(7-9-17)29-14-23-13-25-29/h1-9,13-14,18-21,24H,10-12H2. The van der Waals surface area contributed by atoms with Crippen LogP contribution in [-0.4, -0.2) is 66.4 Å². The van der Waals surface area contributed by atoms with Crippen LogP contribution in [0.4, 0.5) is 0 Å². The number of tetrazole rings is 1. The Bertz CT molecular complexity index is 1180. The van der Waals surface area contributed by atoms with Gasteiger partial charge in [0.25, 0.3) is 0 Å². The number of nitrogens with zero attached hydrogens (tertiary/aromatic N) is 7. The minimum Gasteiger partial charge on any atom is -0.423 e. The van der Waals surface area contributed by atoms with Crippen LogP contribution in [0.5, 0.6) is 11.8 Å². The van der Waals surface area contributed by atoms with Gasteiger partial charge in [-0.05, 0) is 40.3 Å². The van der Waals surface area contributed by atoms with E-state index in [1.54, 1.807) is 15.7 Å². The van der Waals surface area contributed by atoms with Gasteiger partial charge in [0.1, 0.15) is 36.7 Å². The van der Waals surface area contributed by atoms with E-state index in [4.69, 9.17) is 14.2 Å². The predicted molar refractivity (Wildman–Crippen MR) is 115 cm³/mol. The summed E-state index contributed by atoms with van der Waals surface area (Å²) in [5.41, 5.74) is 2.10. The molecular formula is C22H22N8O3. The summed E-state index contributed by atoms with van der Waals surface area (Å²) in [5.74, 6) is 0.611. The van der Waals surface area contributed by atoms with Crippen LogP contribution in [0.25, 0.3) is 5.69 Å². The minimum atomic E-state index is -0.169. The van der Waals surface area contributed by atoms with Crippen molar-refractivity contribution in [2.24, 2.45) is 0 Å². The highest BCUT2D eigenvalue weighted by molar-refractivity contribution is 5.37. The fourth-order valence-electron chi connectivity index (χ4n) is 4.28. The Morgan fingerprint density at radius 3 is 2.67 bits per heavy atom. The molecular weight excluding hydrogens is 424 g/mol. The van der Waals surface area contributed by atoms with Gasteiger partial charge in [0, 0.05) is 6.54 Å². The fraction of sp³-hybridized carbons (Fsp3) is 0.318. The topological polar surface area (TPSA) is 114 Å². The summed E-state index contributed by atoms with van der Waals surface area (Å²) in [7, 11) is 0. The summed E-state index contributed by atoms with van der Waals surface area (Å²) < 4.78 is 21.5. The molecule has 33 heavy (non-hydrogen) atoms. The number of aromatic nitrogens is 7. The third-order valence-electron chi connectivity index (χ3n) is 5.94. The molecule has 2 aromatic carbocycles. The molecule has 4 atom stereocenters. The van der Waals surface area contributed by atoms with Crippen molar-refractivity contribution in [3.8, 4) is 17.4 Å². The van der Waals surface area contributed by atoms with Gasteiger partial charge in [0.05, 0.1) is 24.9 Å². The Kier molecular flexibility index (Phi) is 5.26. The number of ether oxygens (including phenoxy) is 3. The summed E-state index contributed by atoms with van der Waals surface area (Å²) in [4.78, 5) is 3.96. The average Bonchev–Trinajstić information content (AvgIpc) is 3.64. The van der Waals surface area contributed by atoms with Gasteiger partial charge in [0.15, 0.2) is 0 Å². The average molecular weight is 446 g/mol. The van der Waals surface area contributed by atoms with E-state index in [1.165, 1.54) is 11.9 Å². The molecule has 11 heteroatoms. The van der Waals surface area contributed by atoms with Crippen molar-refractivity contribution < 1.29 is 14.2 Å². The highest BCUT2D eigenvalue weighted by atomic mass is 16.6. The summed E-state index contributed by atoms with van der Waals surface area (Å²) in [6, 6.07) is 17.9. The Morgan fingerprint density at radius 1 is 1.00 bits per heavy atom. The van der Waals surface area contributed by atoms with Gasteiger partial charge < -0.3 is 19.5 Å². The molecule has 0 aliphatic carbocycles. The Hall–Kier alpha value is -3.67. The smallest absolute Gasteiger partial charge is 0.341 e. The van der Waals surface area contributed by atoms with Crippen LogP contribution in [0.1, 0.15) is 11.6 Å². The molecule has 0 amide bonds. The summed E-state index contributed by atoms with van der Waals surface area (Å²) in [6.45, 7) is 1.78. The number of fused-ring (bicyclic) bond motifs is 1. The molecule has 0 bridgehead atoms. The second kappa shape index (κ2) is 8.70. The van der Waals surface area contributed by atoms with Gasteiger partial charge in [-0.1, -0.05) is 35.4 Å². The lowest BCUT2D eigenvalue weighted by Crippen LogP contribution is -2.40. The predicted octanol–water partition coefficient (Wildman–Crippen LogP) is 1.54. The van der Waals surface area contributed by atoms with Crippen LogP contribution in [0.2, 0.25) is 0 Å². The van der Waals surface area contributed by atoms with Crippen molar-refractivity contribution >= 4 is 0 Å². The van der Waals surface area contributed by atoms with Crippen molar-refractivity contribution in [3.63, 3.8) is 0 Å². The normalized spacial score (nSPS) is 24.1. The second-order valence-electron chi connectivity index (χ2n) is 7.98. The number of rotatable bonds is 7. The summed E-state index contributed by atoms with van der Waals surface area (Å²) >= 11 is 0. The molecule has 4 unspecified atom stereocenters. The molecule has 0 spiro atoms. The van der Waals surface area contributed by atoms with Crippen LogP contribution < -0.4 is 10.1 Å². The number of hydrogen-bond acceptors (Lipinski definition) is 9. The molecule has 4 heterocycles. The zero-order chi connectivity index (χ0) is 22.0. The molecule has 4 aromatic rings. The van der Waals surface area contributed by atoms with Gasteiger partial charge in [-0.3, -0.25) is 0 Å². The van der Waals surface area contributed by atoms with Crippen molar-refractivity contribution in [3.05, 3.63) is 72.8 Å². The van der Waals surface area contributed by atoms with Crippen molar-refractivity contribution in [2.45, 2.75) is 30.8 Å². The first-order chi connectivity index (χ1) is 16.3. The van der Waals surface area contributed by atoms with Crippen LogP contribution in [-0.2, 0) is 16.0 Å². The van der Waals surface area contributed by atoms with Crippen LogP contribution in [0, 0.1) is 0 Å². The Labute approximate surface area is 189 Å². The summed E-state index contributed by atoms with van der Waals surface area (Å²) in [5, 5.41) is 19.7. The van der Waals surface area contributed by atoms with Gasteiger partial charge in [-0.25, -0.2) is 9.67 Å². The zero-order valence-electron chi connectivity index (χ0n) is 17.6. The SMILES string of the molecule is c1ccc(CNC2COC3C2OCC3n2nnnc2Oc2ccc(-n3cncn3)cc2)cc1.